The number of rotatable bonds is 3. The minimum absolute atomic E-state index is 0.493. The van der Waals surface area contributed by atoms with Crippen LogP contribution in [0, 0.1) is 29.1 Å². The molecule has 12 heteroatoms. The average molecular weight is 389 g/mol. The van der Waals surface area contributed by atoms with Crippen molar-refractivity contribution in [3.05, 3.63) is 64.7 Å². The zero-order chi connectivity index (χ0) is 20.1. The lowest BCUT2D eigenvalue weighted by molar-refractivity contribution is -0.885. The van der Waals surface area contributed by atoms with Gasteiger partial charge in [0.05, 0.1) is 5.56 Å². The summed E-state index contributed by atoms with van der Waals surface area (Å²) in [6.45, 7) is 0. The van der Waals surface area contributed by atoms with Crippen LogP contribution in [0.15, 0.2) is 24.5 Å². The highest BCUT2D eigenvalue weighted by molar-refractivity contribution is 6.50. The van der Waals surface area contributed by atoms with E-state index in [1.54, 1.807) is 0 Å². The normalized spacial score (nSPS) is 11.3. The zero-order valence-electron chi connectivity index (χ0n) is 12.8. The van der Waals surface area contributed by atoms with Crippen molar-refractivity contribution >= 4 is 19.4 Å². The van der Waals surface area contributed by atoms with Crippen LogP contribution in [0.2, 0.25) is 0 Å². The summed E-state index contributed by atoms with van der Waals surface area (Å²) in [5.41, 5.74) is -0.498. The third kappa shape index (κ3) is 6.01. The fourth-order valence-electron chi connectivity index (χ4n) is 1.60. The molecule has 142 valence electrons. The molecule has 0 spiro atoms. The van der Waals surface area contributed by atoms with Crippen molar-refractivity contribution in [1.82, 2.24) is 0 Å². The van der Waals surface area contributed by atoms with Crippen LogP contribution in [0.25, 0.3) is 12.2 Å². The molecular weight excluding hydrogens is 380 g/mol. The van der Waals surface area contributed by atoms with Gasteiger partial charge in [0, 0.05) is 16.9 Å². The molecule has 2 aromatic rings. The van der Waals surface area contributed by atoms with Gasteiger partial charge in [0.25, 0.3) is 0 Å². The second kappa shape index (κ2) is 8.63. The standard InChI is InChI=1S/C14H9F5NO.BF4/c1-21-20-6-4-8(5-7-20)2-3-9-10(15)12(17)14(19)13(18)11(9)16;2-1(3,4)5/h2-7H,1H3;/q+1;-1/b3-2+;. The first kappa shape index (κ1) is 21.4. The van der Waals surface area contributed by atoms with E-state index in [2.05, 4.69) is 0 Å². The Morgan fingerprint density at radius 2 is 1.15 bits per heavy atom. The smallest absolute Gasteiger partial charge is 0.418 e. The molecule has 0 aliphatic rings. The number of aromatic nitrogens is 1. The molecule has 0 atom stereocenters. The van der Waals surface area contributed by atoms with E-state index in [0.29, 0.717) is 5.56 Å². The maximum atomic E-state index is 13.4. The molecule has 0 radical (unpaired) electrons. The molecule has 1 aromatic heterocycles. The minimum Gasteiger partial charge on any atom is -0.418 e. The van der Waals surface area contributed by atoms with Gasteiger partial charge in [-0.1, -0.05) is 6.08 Å². The van der Waals surface area contributed by atoms with Crippen molar-refractivity contribution in [2.45, 2.75) is 0 Å². The fourth-order valence-corrected chi connectivity index (χ4v) is 1.60. The summed E-state index contributed by atoms with van der Waals surface area (Å²) in [6.07, 6.45) is 5.07. The molecule has 26 heavy (non-hydrogen) atoms. The molecule has 0 aliphatic carbocycles. The summed E-state index contributed by atoms with van der Waals surface area (Å²) in [7, 11) is -4.57. The summed E-state index contributed by atoms with van der Waals surface area (Å²) in [4.78, 5) is 4.85. The molecule has 2 rings (SSSR count). The Morgan fingerprint density at radius 1 is 0.769 bits per heavy atom. The quantitative estimate of drug-likeness (QED) is 0.252. The summed E-state index contributed by atoms with van der Waals surface area (Å²) in [6, 6.07) is 3.07. The number of halogens is 9. The third-order valence-corrected chi connectivity index (χ3v) is 2.72. The van der Waals surface area contributed by atoms with Gasteiger partial charge in [0.2, 0.25) is 18.2 Å². The number of hydrogen-bond donors (Lipinski definition) is 0. The van der Waals surface area contributed by atoms with Crippen molar-refractivity contribution in [3.8, 4) is 0 Å². The van der Waals surface area contributed by atoms with Gasteiger partial charge in [-0.2, -0.15) is 0 Å². The second-order valence-corrected chi connectivity index (χ2v) is 4.49. The molecule has 2 nitrogen and oxygen atoms in total. The van der Waals surface area contributed by atoms with Gasteiger partial charge < -0.3 is 17.3 Å². The number of pyridine rings is 1. The maximum absolute atomic E-state index is 13.4. The van der Waals surface area contributed by atoms with Crippen molar-refractivity contribution in [2.75, 3.05) is 7.11 Å². The summed E-state index contributed by atoms with van der Waals surface area (Å²) >= 11 is 0. The first-order chi connectivity index (χ1) is 12.0. The van der Waals surface area contributed by atoms with Crippen LogP contribution >= 0.6 is 0 Å². The zero-order valence-corrected chi connectivity index (χ0v) is 12.8. The second-order valence-electron chi connectivity index (χ2n) is 4.49. The highest BCUT2D eigenvalue weighted by Gasteiger charge is 2.24. The van der Waals surface area contributed by atoms with Crippen molar-refractivity contribution in [1.29, 1.82) is 0 Å². The van der Waals surface area contributed by atoms with E-state index < -0.39 is 41.9 Å². The summed E-state index contributed by atoms with van der Waals surface area (Å²) < 4.78 is 106. The van der Waals surface area contributed by atoms with Crippen molar-refractivity contribution in [3.63, 3.8) is 0 Å². The van der Waals surface area contributed by atoms with Crippen LogP contribution < -0.4 is 9.57 Å². The van der Waals surface area contributed by atoms with E-state index in [-0.39, 0.29) is 0 Å². The largest absolute Gasteiger partial charge is 0.673 e. The highest BCUT2D eigenvalue weighted by atomic mass is 19.5. The van der Waals surface area contributed by atoms with Gasteiger partial charge in [0.15, 0.2) is 23.3 Å². The van der Waals surface area contributed by atoms with Gasteiger partial charge in [-0.3, -0.25) is 4.84 Å². The van der Waals surface area contributed by atoms with Crippen LogP contribution in [-0.2, 0) is 0 Å². The Hall–Kier alpha value is -2.66. The number of hydrogen-bond acceptors (Lipinski definition) is 1. The molecule has 0 N–H and O–H groups in total. The predicted molar refractivity (Wildman–Crippen MR) is 74.5 cm³/mol. The van der Waals surface area contributed by atoms with E-state index in [4.69, 9.17) is 4.84 Å². The average Bonchev–Trinajstić information content (AvgIpc) is 2.57. The number of nitrogens with zero attached hydrogens (tertiary/aromatic N) is 1. The molecule has 0 amide bonds. The maximum Gasteiger partial charge on any atom is 0.673 e. The van der Waals surface area contributed by atoms with E-state index in [9.17, 15) is 39.2 Å². The van der Waals surface area contributed by atoms with Crippen molar-refractivity contribution in [2.24, 2.45) is 0 Å². The van der Waals surface area contributed by atoms with Gasteiger partial charge in [-0.15, -0.1) is 0 Å². The van der Waals surface area contributed by atoms with Crippen LogP contribution in [-0.4, -0.2) is 14.4 Å². The monoisotopic (exact) mass is 389 g/mol. The molecule has 0 fully saturated rings. The van der Waals surface area contributed by atoms with Gasteiger partial charge >= 0.3 is 7.25 Å². The fraction of sp³-hybridized carbons (Fsp3) is 0.0714. The SMILES string of the molecule is CO[n+]1ccc(/C=C/c2c(F)c(F)c(F)c(F)c2F)cc1.F[B-](F)(F)F. The Bertz CT molecular complexity index is 755. The molecule has 0 unspecified atom stereocenters. The molecule has 0 bridgehead atoms. The van der Waals surface area contributed by atoms with E-state index in [1.807, 2.05) is 0 Å². The first-order valence-electron chi connectivity index (χ1n) is 6.58. The predicted octanol–water partition coefficient (Wildman–Crippen LogP) is 4.20. The van der Waals surface area contributed by atoms with Gasteiger partial charge in [0.1, 0.15) is 7.11 Å². The minimum atomic E-state index is -6.00. The first-order valence-corrected chi connectivity index (χ1v) is 6.58. The summed E-state index contributed by atoms with van der Waals surface area (Å²) in [5.74, 6) is -9.86. The van der Waals surface area contributed by atoms with E-state index >= 15 is 0 Å². The van der Waals surface area contributed by atoms with Crippen LogP contribution in [0.4, 0.5) is 39.2 Å². The van der Waals surface area contributed by atoms with Crippen LogP contribution in [0.1, 0.15) is 11.1 Å². The molecule has 1 aromatic carbocycles. The molecular formula is C14H9BF9NO. The summed E-state index contributed by atoms with van der Waals surface area (Å²) in [5, 5.41) is 0. The Kier molecular flexibility index (Phi) is 7.10. The lowest BCUT2D eigenvalue weighted by atomic mass is 10.1. The van der Waals surface area contributed by atoms with E-state index in [0.717, 1.165) is 6.08 Å². The molecule has 0 aliphatic heterocycles. The third-order valence-electron chi connectivity index (χ3n) is 2.72. The van der Waals surface area contributed by atoms with E-state index in [1.165, 1.54) is 42.4 Å². The Balaban J connectivity index is 0.000000597. The van der Waals surface area contributed by atoms with Crippen LogP contribution in [0.5, 0.6) is 0 Å². The van der Waals surface area contributed by atoms with Crippen LogP contribution in [0.3, 0.4) is 0 Å². The highest BCUT2D eigenvalue weighted by Crippen LogP contribution is 2.24. The van der Waals surface area contributed by atoms with Gasteiger partial charge in [-0.25, -0.2) is 22.0 Å². The number of benzene rings is 1. The molecule has 0 saturated heterocycles. The topological polar surface area (TPSA) is 13.1 Å². The Morgan fingerprint density at radius 3 is 1.54 bits per heavy atom. The van der Waals surface area contributed by atoms with Gasteiger partial charge in [-0.05, 0) is 11.6 Å². The van der Waals surface area contributed by atoms with Crippen molar-refractivity contribution < 1.29 is 48.8 Å². The lowest BCUT2D eigenvalue weighted by Crippen LogP contribution is -2.39. The molecule has 1 heterocycles. The molecule has 0 saturated carbocycles. The Labute approximate surface area is 141 Å². The lowest BCUT2D eigenvalue weighted by Gasteiger charge is -2.04.